The minimum atomic E-state index is -1.15. The van der Waals surface area contributed by atoms with Crippen LogP contribution in [0.3, 0.4) is 0 Å². The molecule has 14 heavy (non-hydrogen) atoms. The average Bonchev–Trinajstić information content (AvgIpc) is 2.46. The quantitative estimate of drug-likeness (QED) is 0.764. The summed E-state index contributed by atoms with van der Waals surface area (Å²) in [6.45, 7) is 3.06. The third kappa shape index (κ3) is 1.66. The first-order chi connectivity index (χ1) is 6.41. The van der Waals surface area contributed by atoms with E-state index in [9.17, 15) is 9.18 Å². The van der Waals surface area contributed by atoms with Crippen LogP contribution in [0.4, 0.5) is 4.39 Å². The van der Waals surface area contributed by atoms with Gasteiger partial charge in [-0.25, -0.2) is 9.48 Å². The van der Waals surface area contributed by atoms with Gasteiger partial charge in [-0.05, 0) is 29.8 Å². The number of aromatic nitrogens is 2. The maximum Gasteiger partial charge on any atom is 0.333 e. The van der Waals surface area contributed by atoms with E-state index in [1.165, 1.54) is 27.2 Å². The van der Waals surface area contributed by atoms with Gasteiger partial charge in [0.25, 0.3) is 0 Å². The number of esters is 1. The molecule has 6 heteroatoms. The van der Waals surface area contributed by atoms with E-state index in [-0.39, 0.29) is 4.47 Å². The molecule has 0 spiro atoms. The summed E-state index contributed by atoms with van der Waals surface area (Å²) in [7, 11) is 1.25. The van der Waals surface area contributed by atoms with Gasteiger partial charge in [0, 0.05) is 0 Å². The Hall–Kier alpha value is -0.910. The highest BCUT2D eigenvalue weighted by atomic mass is 79.9. The molecular weight excluding hydrogens is 255 g/mol. The number of halogens is 2. The van der Waals surface area contributed by atoms with Crippen LogP contribution in [0.2, 0.25) is 0 Å². The van der Waals surface area contributed by atoms with Crippen molar-refractivity contribution >= 4 is 21.9 Å². The van der Waals surface area contributed by atoms with Crippen LogP contribution in [0.5, 0.6) is 0 Å². The van der Waals surface area contributed by atoms with E-state index in [4.69, 9.17) is 0 Å². The standard InChI is InChI=1S/C8H10BrFN2O2/c1-8(2,7(13)14-3)12-6(10)5(9)4-11-12/h4H,1-3H3. The summed E-state index contributed by atoms with van der Waals surface area (Å²) in [6.07, 6.45) is 1.29. The molecule has 0 bridgehead atoms. The molecule has 1 aromatic rings. The van der Waals surface area contributed by atoms with E-state index in [0.29, 0.717) is 0 Å². The zero-order valence-corrected chi connectivity index (χ0v) is 9.63. The van der Waals surface area contributed by atoms with Gasteiger partial charge in [0.1, 0.15) is 0 Å². The second-order valence-electron chi connectivity index (χ2n) is 3.25. The summed E-state index contributed by atoms with van der Waals surface area (Å²) >= 11 is 2.97. The monoisotopic (exact) mass is 264 g/mol. The Morgan fingerprint density at radius 2 is 2.29 bits per heavy atom. The van der Waals surface area contributed by atoms with Crippen LogP contribution in [-0.2, 0) is 15.1 Å². The largest absolute Gasteiger partial charge is 0.467 e. The number of carbonyl (C=O) groups is 1. The zero-order chi connectivity index (χ0) is 10.9. The molecule has 0 aliphatic rings. The van der Waals surface area contributed by atoms with Crippen LogP contribution < -0.4 is 0 Å². The highest BCUT2D eigenvalue weighted by molar-refractivity contribution is 9.10. The van der Waals surface area contributed by atoms with Gasteiger partial charge in [-0.2, -0.15) is 9.49 Å². The molecule has 0 unspecified atom stereocenters. The van der Waals surface area contributed by atoms with Crippen LogP contribution in [0.1, 0.15) is 13.8 Å². The molecule has 0 N–H and O–H groups in total. The third-order valence-corrected chi connectivity index (χ3v) is 2.42. The average molecular weight is 265 g/mol. The van der Waals surface area contributed by atoms with Crippen molar-refractivity contribution in [3.05, 3.63) is 16.6 Å². The second-order valence-corrected chi connectivity index (χ2v) is 4.10. The molecule has 0 saturated carbocycles. The Morgan fingerprint density at radius 1 is 1.71 bits per heavy atom. The van der Waals surface area contributed by atoms with E-state index in [1.54, 1.807) is 0 Å². The van der Waals surface area contributed by atoms with Gasteiger partial charge >= 0.3 is 5.97 Å². The number of carbonyl (C=O) groups excluding carboxylic acids is 1. The third-order valence-electron chi connectivity index (χ3n) is 1.88. The van der Waals surface area contributed by atoms with Crippen molar-refractivity contribution < 1.29 is 13.9 Å². The van der Waals surface area contributed by atoms with Crippen molar-refractivity contribution in [2.24, 2.45) is 0 Å². The molecule has 0 amide bonds. The van der Waals surface area contributed by atoms with Crippen LogP contribution in [0, 0.1) is 5.95 Å². The maximum absolute atomic E-state index is 13.4. The topological polar surface area (TPSA) is 44.1 Å². The van der Waals surface area contributed by atoms with Crippen LogP contribution in [0.15, 0.2) is 10.7 Å². The highest BCUT2D eigenvalue weighted by Crippen LogP contribution is 2.22. The van der Waals surface area contributed by atoms with Gasteiger partial charge in [0.05, 0.1) is 17.8 Å². The van der Waals surface area contributed by atoms with Crippen molar-refractivity contribution in [2.45, 2.75) is 19.4 Å². The summed E-state index contributed by atoms with van der Waals surface area (Å²) in [6, 6.07) is 0. The minimum absolute atomic E-state index is 0.217. The van der Waals surface area contributed by atoms with Gasteiger partial charge in [-0.15, -0.1) is 0 Å². The minimum Gasteiger partial charge on any atom is -0.467 e. The highest BCUT2D eigenvalue weighted by Gasteiger charge is 2.34. The summed E-state index contributed by atoms with van der Waals surface area (Å²) in [5.74, 6) is -1.15. The van der Waals surface area contributed by atoms with Gasteiger partial charge in [0.2, 0.25) is 5.95 Å². The summed E-state index contributed by atoms with van der Waals surface area (Å²) in [5.41, 5.74) is -1.15. The van der Waals surface area contributed by atoms with Gasteiger partial charge in [-0.1, -0.05) is 0 Å². The van der Waals surface area contributed by atoms with Gasteiger partial charge < -0.3 is 4.74 Å². The van der Waals surface area contributed by atoms with Gasteiger partial charge in [-0.3, -0.25) is 0 Å². The number of hydrogen-bond acceptors (Lipinski definition) is 3. The van der Waals surface area contributed by atoms with E-state index in [2.05, 4.69) is 25.8 Å². The zero-order valence-electron chi connectivity index (χ0n) is 8.04. The number of nitrogens with zero attached hydrogens (tertiary/aromatic N) is 2. The molecule has 0 aromatic carbocycles. The molecule has 0 saturated heterocycles. The summed E-state index contributed by atoms with van der Waals surface area (Å²) < 4.78 is 19.1. The van der Waals surface area contributed by atoms with Crippen molar-refractivity contribution in [1.29, 1.82) is 0 Å². The number of ether oxygens (including phenoxy) is 1. The fraction of sp³-hybridized carbons (Fsp3) is 0.500. The van der Waals surface area contributed by atoms with Crippen LogP contribution >= 0.6 is 15.9 Å². The molecule has 0 radical (unpaired) electrons. The molecule has 4 nitrogen and oxygen atoms in total. The smallest absolute Gasteiger partial charge is 0.333 e. The van der Waals surface area contributed by atoms with Gasteiger partial charge in [0.15, 0.2) is 5.54 Å². The first kappa shape index (κ1) is 11.2. The number of methoxy groups -OCH3 is 1. The lowest BCUT2D eigenvalue weighted by atomic mass is 10.1. The molecule has 1 aromatic heterocycles. The first-order valence-electron chi connectivity index (χ1n) is 3.89. The Bertz CT molecular complexity index is 362. The number of hydrogen-bond donors (Lipinski definition) is 0. The van der Waals surface area contributed by atoms with Crippen molar-refractivity contribution in [3.63, 3.8) is 0 Å². The van der Waals surface area contributed by atoms with E-state index in [1.807, 2.05) is 0 Å². The predicted octanol–water partition coefficient (Wildman–Crippen LogP) is 1.69. The predicted molar refractivity (Wildman–Crippen MR) is 51.2 cm³/mol. The van der Waals surface area contributed by atoms with E-state index < -0.39 is 17.5 Å². The molecule has 1 rings (SSSR count). The Morgan fingerprint density at radius 3 is 2.64 bits per heavy atom. The van der Waals surface area contributed by atoms with Crippen LogP contribution in [-0.4, -0.2) is 22.9 Å². The molecule has 0 fully saturated rings. The summed E-state index contributed by atoms with van der Waals surface area (Å²) in [4.78, 5) is 11.3. The van der Waals surface area contributed by atoms with Crippen molar-refractivity contribution in [1.82, 2.24) is 9.78 Å². The maximum atomic E-state index is 13.4. The fourth-order valence-corrected chi connectivity index (χ4v) is 1.30. The molecule has 0 aliphatic heterocycles. The normalized spacial score (nSPS) is 11.5. The lowest BCUT2D eigenvalue weighted by Gasteiger charge is -2.22. The Balaban J connectivity index is 3.16. The molecular formula is C8H10BrFN2O2. The SMILES string of the molecule is COC(=O)C(C)(C)n1ncc(Br)c1F. The lowest BCUT2D eigenvalue weighted by molar-refractivity contribution is -0.150. The number of rotatable bonds is 2. The van der Waals surface area contributed by atoms with Crippen molar-refractivity contribution in [2.75, 3.05) is 7.11 Å². The van der Waals surface area contributed by atoms with Crippen molar-refractivity contribution in [3.8, 4) is 0 Å². The van der Waals surface area contributed by atoms with E-state index in [0.717, 1.165) is 4.68 Å². The molecule has 0 aliphatic carbocycles. The Kier molecular flexibility index (Phi) is 2.94. The fourth-order valence-electron chi connectivity index (χ4n) is 1.04. The Labute approximate surface area is 89.2 Å². The molecule has 1 heterocycles. The molecule has 78 valence electrons. The first-order valence-corrected chi connectivity index (χ1v) is 4.68. The molecule has 0 atom stereocenters. The van der Waals surface area contributed by atoms with Crippen LogP contribution in [0.25, 0.3) is 0 Å². The lowest BCUT2D eigenvalue weighted by Crippen LogP contribution is -2.38. The van der Waals surface area contributed by atoms with E-state index >= 15 is 0 Å². The summed E-state index contributed by atoms with van der Waals surface area (Å²) in [5, 5.41) is 3.75. The second kappa shape index (κ2) is 3.68.